The van der Waals surface area contributed by atoms with Crippen LogP contribution in [0.4, 0.5) is 0 Å². The van der Waals surface area contributed by atoms with Crippen molar-refractivity contribution >= 4 is 12.0 Å². The van der Waals surface area contributed by atoms with Crippen molar-refractivity contribution in [2.45, 2.75) is 46.1 Å². The van der Waals surface area contributed by atoms with Gasteiger partial charge in [-0.3, -0.25) is 9.63 Å². The van der Waals surface area contributed by atoms with Crippen LogP contribution in [0.25, 0.3) is 6.08 Å². The molecule has 1 N–H and O–H groups in total. The maximum absolute atomic E-state index is 11.5. The van der Waals surface area contributed by atoms with Crippen LogP contribution >= 0.6 is 0 Å². The molecule has 0 saturated heterocycles. The third kappa shape index (κ3) is 6.20. The summed E-state index contributed by atoms with van der Waals surface area (Å²) in [6.07, 6.45) is 3.24. The minimum absolute atomic E-state index is 0.261. The van der Waals surface area contributed by atoms with Gasteiger partial charge in [-0.1, -0.05) is 38.1 Å². The Labute approximate surface area is 115 Å². The number of hydrogen-bond acceptors (Lipinski definition) is 2. The first-order valence-electron chi connectivity index (χ1n) is 6.54. The fourth-order valence-electron chi connectivity index (χ4n) is 1.40. The Kier molecular flexibility index (Phi) is 5.31. The summed E-state index contributed by atoms with van der Waals surface area (Å²) in [5.74, 6) is 0.254. The first kappa shape index (κ1) is 15.4. The summed E-state index contributed by atoms with van der Waals surface area (Å²) in [6.45, 7) is 9.94. The van der Waals surface area contributed by atoms with E-state index >= 15 is 0 Å². The van der Waals surface area contributed by atoms with Crippen LogP contribution in [0.1, 0.15) is 51.7 Å². The molecule has 3 nitrogen and oxygen atoms in total. The normalized spacial score (nSPS) is 12.1. The summed E-state index contributed by atoms with van der Waals surface area (Å²) in [5.41, 5.74) is 4.30. The van der Waals surface area contributed by atoms with Crippen LogP contribution in [0.5, 0.6) is 0 Å². The summed E-state index contributed by atoms with van der Waals surface area (Å²) >= 11 is 0. The average molecular weight is 261 g/mol. The van der Waals surface area contributed by atoms with Crippen LogP contribution in [0.2, 0.25) is 0 Å². The summed E-state index contributed by atoms with van der Waals surface area (Å²) in [6, 6.07) is 8.16. The van der Waals surface area contributed by atoms with E-state index < -0.39 is 0 Å². The van der Waals surface area contributed by atoms with Gasteiger partial charge in [0, 0.05) is 6.08 Å². The molecule has 0 aliphatic carbocycles. The fraction of sp³-hybridized carbons (Fsp3) is 0.438. The molecule has 19 heavy (non-hydrogen) atoms. The number of amides is 1. The Morgan fingerprint density at radius 1 is 1.21 bits per heavy atom. The van der Waals surface area contributed by atoms with Gasteiger partial charge in [-0.2, -0.15) is 0 Å². The SMILES string of the molecule is CC(C)c1ccc(/C=C/C(=O)NOC(C)(C)C)cc1. The van der Waals surface area contributed by atoms with Gasteiger partial charge >= 0.3 is 0 Å². The van der Waals surface area contributed by atoms with Crippen LogP contribution in [0.15, 0.2) is 30.3 Å². The van der Waals surface area contributed by atoms with Gasteiger partial charge in [-0.25, -0.2) is 5.48 Å². The molecule has 104 valence electrons. The molecular weight excluding hydrogens is 238 g/mol. The molecule has 0 atom stereocenters. The smallest absolute Gasteiger partial charge is 0.267 e. The fourth-order valence-corrected chi connectivity index (χ4v) is 1.40. The van der Waals surface area contributed by atoms with Crippen molar-refractivity contribution < 1.29 is 9.63 Å². The lowest BCUT2D eigenvalue weighted by molar-refractivity contribution is -0.140. The molecule has 0 radical (unpaired) electrons. The molecule has 0 aromatic heterocycles. The monoisotopic (exact) mass is 261 g/mol. The maximum atomic E-state index is 11.5. The van der Waals surface area contributed by atoms with E-state index in [0.29, 0.717) is 5.92 Å². The highest BCUT2D eigenvalue weighted by atomic mass is 16.7. The number of benzene rings is 1. The van der Waals surface area contributed by atoms with Crippen molar-refractivity contribution in [1.29, 1.82) is 0 Å². The lowest BCUT2D eigenvalue weighted by Crippen LogP contribution is -2.32. The highest BCUT2D eigenvalue weighted by Crippen LogP contribution is 2.15. The first-order chi connectivity index (χ1) is 8.78. The Hall–Kier alpha value is -1.61. The van der Waals surface area contributed by atoms with Crippen LogP contribution in [0.3, 0.4) is 0 Å². The second-order valence-electron chi connectivity index (χ2n) is 5.84. The van der Waals surface area contributed by atoms with Crippen LogP contribution in [-0.2, 0) is 9.63 Å². The van der Waals surface area contributed by atoms with Gasteiger partial charge in [0.25, 0.3) is 5.91 Å². The second kappa shape index (κ2) is 6.53. The number of nitrogens with one attached hydrogen (secondary N) is 1. The molecule has 1 aromatic carbocycles. The lowest BCUT2D eigenvalue weighted by atomic mass is 10.0. The molecule has 0 bridgehead atoms. The highest BCUT2D eigenvalue weighted by Gasteiger charge is 2.11. The van der Waals surface area contributed by atoms with Gasteiger partial charge in [-0.05, 0) is 43.9 Å². The number of carbonyl (C=O) groups excluding carboxylic acids is 1. The van der Waals surface area contributed by atoms with Gasteiger partial charge in [0.1, 0.15) is 0 Å². The Balaban J connectivity index is 2.54. The van der Waals surface area contributed by atoms with E-state index in [2.05, 4.69) is 31.5 Å². The quantitative estimate of drug-likeness (QED) is 0.663. The zero-order chi connectivity index (χ0) is 14.5. The molecule has 1 amide bonds. The number of rotatable bonds is 4. The number of hydrogen-bond donors (Lipinski definition) is 1. The molecule has 1 aromatic rings. The highest BCUT2D eigenvalue weighted by molar-refractivity contribution is 5.90. The number of hydroxylamine groups is 1. The standard InChI is InChI=1S/C16H23NO2/c1-12(2)14-9-6-13(7-10-14)8-11-15(18)17-19-16(3,4)5/h6-12H,1-5H3,(H,17,18)/b11-8+. The van der Waals surface area contributed by atoms with Crippen LogP contribution in [-0.4, -0.2) is 11.5 Å². The first-order valence-corrected chi connectivity index (χ1v) is 6.54. The zero-order valence-corrected chi connectivity index (χ0v) is 12.4. The molecule has 0 saturated carbocycles. The predicted octanol–water partition coefficient (Wildman–Crippen LogP) is 3.67. The third-order valence-corrected chi connectivity index (χ3v) is 2.49. The van der Waals surface area contributed by atoms with Crippen LogP contribution < -0.4 is 5.48 Å². The lowest BCUT2D eigenvalue weighted by Gasteiger charge is -2.18. The Morgan fingerprint density at radius 2 is 1.79 bits per heavy atom. The maximum Gasteiger partial charge on any atom is 0.267 e. The average Bonchev–Trinajstić information content (AvgIpc) is 2.33. The van der Waals surface area contributed by atoms with Crippen LogP contribution in [0, 0.1) is 0 Å². The molecular formula is C16H23NO2. The Bertz CT molecular complexity index is 439. The molecule has 0 aliphatic heterocycles. The van der Waals surface area contributed by atoms with Crippen molar-refractivity contribution in [2.24, 2.45) is 0 Å². The van der Waals surface area contributed by atoms with E-state index in [-0.39, 0.29) is 11.5 Å². The van der Waals surface area contributed by atoms with Gasteiger partial charge < -0.3 is 0 Å². The van der Waals surface area contributed by atoms with Crippen molar-refractivity contribution in [3.8, 4) is 0 Å². The third-order valence-electron chi connectivity index (χ3n) is 2.49. The molecule has 0 fully saturated rings. The molecule has 0 aliphatic rings. The van der Waals surface area contributed by atoms with Crippen molar-refractivity contribution in [1.82, 2.24) is 5.48 Å². The second-order valence-corrected chi connectivity index (χ2v) is 5.84. The largest absolute Gasteiger partial charge is 0.268 e. The van der Waals surface area contributed by atoms with E-state index in [4.69, 9.17) is 4.84 Å². The minimum atomic E-state index is -0.386. The Morgan fingerprint density at radius 3 is 2.26 bits per heavy atom. The van der Waals surface area contributed by atoms with E-state index in [1.54, 1.807) is 6.08 Å². The van der Waals surface area contributed by atoms with E-state index in [1.165, 1.54) is 11.6 Å². The van der Waals surface area contributed by atoms with Crippen molar-refractivity contribution in [3.05, 3.63) is 41.5 Å². The van der Waals surface area contributed by atoms with E-state index in [1.807, 2.05) is 32.9 Å². The van der Waals surface area contributed by atoms with E-state index in [9.17, 15) is 4.79 Å². The number of carbonyl (C=O) groups is 1. The van der Waals surface area contributed by atoms with Gasteiger partial charge in [-0.15, -0.1) is 0 Å². The van der Waals surface area contributed by atoms with Gasteiger partial charge in [0.15, 0.2) is 0 Å². The summed E-state index contributed by atoms with van der Waals surface area (Å²) < 4.78 is 0. The predicted molar refractivity (Wildman–Crippen MR) is 78.5 cm³/mol. The minimum Gasteiger partial charge on any atom is -0.268 e. The topological polar surface area (TPSA) is 38.3 Å². The zero-order valence-electron chi connectivity index (χ0n) is 12.4. The van der Waals surface area contributed by atoms with Gasteiger partial charge in [0.2, 0.25) is 0 Å². The summed E-state index contributed by atoms with van der Waals surface area (Å²) in [4.78, 5) is 16.7. The molecule has 3 heteroatoms. The van der Waals surface area contributed by atoms with E-state index in [0.717, 1.165) is 5.56 Å². The molecule has 0 spiro atoms. The molecule has 1 rings (SSSR count). The summed E-state index contributed by atoms with van der Waals surface area (Å²) in [7, 11) is 0. The van der Waals surface area contributed by atoms with Gasteiger partial charge in [0.05, 0.1) is 5.60 Å². The molecule has 0 heterocycles. The molecule has 0 unspecified atom stereocenters. The van der Waals surface area contributed by atoms with Crippen molar-refractivity contribution in [2.75, 3.05) is 0 Å². The summed E-state index contributed by atoms with van der Waals surface area (Å²) in [5, 5.41) is 0. The van der Waals surface area contributed by atoms with Crippen molar-refractivity contribution in [3.63, 3.8) is 0 Å².